The summed E-state index contributed by atoms with van der Waals surface area (Å²) in [6.45, 7) is 0. The lowest BCUT2D eigenvalue weighted by atomic mass is 10.2. The Bertz CT molecular complexity index is 818. The molecule has 0 atom stereocenters. The highest BCUT2D eigenvalue weighted by molar-refractivity contribution is 9.10. The van der Waals surface area contributed by atoms with Gasteiger partial charge in [0.05, 0.1) is 11.4 Å². The van der Waals surface area contributed by atoms with E-state index in [9.17, 15) is 4.79 Å². The van der Waals surface area contributed by atoms with E-state index in [0.29, 0.717) is 10.7 Å². The lowest BCUT2D eigenvalue weighted by molar-refractivity contribution is 0.102. The van der Waals surface area contributed by atoms with Crippen LogP contribution >= 0.6 is 43.6 Å². The lowest BCUT2D eigenvalue weighted by Gasteiger charge is -2.04. The molecular formula is C15H10Br2N4OS. The first kappa shape index (κ1) is 16.4. The van der Waals surface area contributed by atoms with Gasteiger partial charge in [0, 0.05) is 14.5 Å². The number of nitrogens with zero attached hydrogens (tertiary/aromatic N) is 4. The average molecular weight is 454 g/mol. The fourth-order valence-electron chi connectivity index (χ4n) is 1.86. The molecule has 0 spiro atoms. The number of hydrogen-bond donors (Lipinski definition) is 0. The second-order valence-corrected chi connectivity index (χ2v) is 7.34. The summed E-state index contributed by atoms with van der Waals surface area (Å²) in [5.74, 6) is 0.311. The zero-order valence-electron chi connectivity index (χ0n) is 11.7. The number of thioether (sulfide) groups is 1. The highest BCUT2D eigenvalue weighted by atomic mass is 79.9. The molecule has 2 aromatic carbocycles. The van der Waals surface area contributed by atoms with Crippen LogP contribution in [0.25, 0.3) is 5.69 Å². The number of hydrogen-bond acceptors (Lipinski definition) is 5. The van der Waals surface area contributed by atoms with E-state index in [1.165, 1.54) is 11.8 Å². The van der Waals surface area contributed by atoms with Crippen LogP contribution in [0.2, 0.25) is 0 Å². The van der Waals surface area contributed by atoms with E-state index in [1.54, 1.807) is 16.8 Å². The number of Topliss-reactive ketones (excluding diaryl/α,β-unsaturated/α-hetero) is 1. The number of ketones is 1. The van der Waals surface area contributed by atoms with E-state index in [0.717, 1.165) is 14.6 Å². The molecule has 0 N–H and O–H groups in total. The van der Waals surface area contributed by atoms with E-state index in [2.05, 4.69) is 47.4 Å². The van der Waals surface area contributed by atoms with Crippen LogP contribution in [0.3, 0.4) is 0 Å². The summed E-state index contributed by atoms with van der Waals surface area (Å²) in [4.78, 5) is 12.2. The molecule has 116 valence electrons. The maximum absolute atomic E-state index is 12.2. The van der Waals surface area contributed by atoms with Gasteiger partial charge < -0.3 is 0 Å². The number of rotatable bonds is 5. The fourth-order valence-corrected chi connectivity index (χ4v) is 3.18. The van der Waals surface area contributed by atoms with Crippen LogP contribution in [0.4, 0.5) is 0 Å². The molecule has 0 fully saturated rings. The molecule has 5 nitrogen and oxygen atoms in total. The summed E-state index contributed by atoms with van der Waals surface area (Å²) >= 11 is 8.06. The fraction of sp³-hybridized carbons (Fsp3) is 0.0667. The Morgan fingerprint density at radius 3 is 2.26 bits per heavy atom. The molecule has 0 amide bonds. The largest absolute Gasteiger partial charge is 0.293 e. The maximum atomic E-state index is 12.2. The second kappa shape index (κ2) is 7.37. The third-order valence-electron chi connectivity index (χ3n) is 3.01. The van der Waals surface area contributed by atoms with Gasteiger partial charge in [-0.2, -0.15) is 4.68 Å². The Hall–Kier alpha value is -1.51. The molecule has 0 radical (unpaired) electrons. The zero-order chi connectivity index (χ0) is 16.2. The third kappa shape index (κ3) is 4.07. The first-order chi connectivity index (χ1) is 11.1. The Kier molecular flexibility index (Phi) is 5.24. The van der Waals surface area contributed by atoms with E-state index < -0.39 is 0 Å². The van der Waals surface area contributed by atoms with Gasteiger partial charge >= 0.3 is 0 Å². The van der Waals surface area contributed by atoms with Gasteiger partial charge in [-0.05, 0) is 46.8 Å². The van der Waals surface area contributed by atoms with Gasteiger partial charge in [0.15, 0.2) is 5.78 Å². The van der Waals surface area contributed by atoms with Crippen LogP contribution in [-0.4, -0.2) is 31.7 Å². The average Bonchev–Trinajstić information content (AvgIpc) is 3.02. The van der Waals surface area contributed by atoms with Crippen LogP contribution in [0.5, 0.6) is 0 Å². The number of carbonyl (C=O) groups excluding carboxylic acids is 1. The van der Waals surface area contributed by atoms with E-state index >= 15 is 0 Å². The third-order valence-corrected chi connectivity index (χ3v) is 4.99. The van der Waals surface area contributed by atoms with E-state index in [-0.39, 0.29) is 11.5 Å². The number of halogens is 2. The van der Waals surface area contributed by atoms with Crippen LogP contribution in [0.15, 0.2) is 62.6 Å². The predicted molar refractivity (Wildman–Crippen MR) is 96.1 cm³/mol. The summed E-state index contributed by atoms with van der Waals surface area (Å²) in [6, 6.07) is 14.9. The molecular weight excluding hydrogens is 444 g/mol. The quantitative estimate of drug-likeness (QED) is 0.428. The molecule has 0 saturated heterocycles. The smallest absolute Gasteiger partial charge is 0.214 e. The Balaban J connectivity index is 1.72. The van der Waals surface area contributed by atoms with Crippen LogP contribution < -0.4 is 0 Å². The number of aromatic nitrogens is 4. The summed E-state index contributed by atoms with van der Waals surface area (Å²) in [7, 11) is 0. The molecule has 3 rings (SSSR count). The molecule has 23 heavy (non-hydrogen) atoms. The van der Waals surface area contributed by atoms with Crippen molar-refractivity contribution in [2.75, 3.05) is 5.75 Å². The number of carbonyl (C=O) groups is 1. The summed E-state index contributed by atoms with van der Waals surface area (Å²) in [6.07, 6.45) is 0. The highest BCUT2D eigenvalue weighted by Crippen LogP contribution is 2.21. The van der Waals surface area contributed by atoms with Gasteiger partial charge in [-0.1, -0.05) is 55.8 Å². The first-order valence-electron chi connectivity index (χ1n) is 6.59. The van der Waals surface area contributed by atoms with Gasteiger partial charge in [0.1, 0.15) is 0 Å². The minimum absolute atomic E-state index is 0.0351. The standard InChI is InChI=1S/C15H10Br2N4OS/c16-11-3-1-10(2-4-11)14(22)9-23-15-18-19-20-21(15)13-7-5-12(17)6-8-13/h1-8H,9H2. The van der Waals surface area contributed by atoms with Gasteiger partial charge in [-0.15, -0.1) is 5.10 Å². The van der Waals surface area contributed by atoms with Crippen LogP contribution in [-0.2, 0) is 0 Å². The molecule has 0 bridgehead atoms. The molecule has 0 aliphatic rings. The SMILES string of the molecule is O=C(CSc1nnnn1-c1ccc(Br)cc1)c1ccc(Br)cc1. The van der Waals surface area contributed by atoms with Crippen molar-refractivity contribution in [2.24, 2.45) is 0 Å². The minimum atomic E-state index is 0.0351. The molecule has 1 aromatic heterocycles. The van der Waals surface area contributed by atoms with Gasteiger partial charge in [-0.3, -0.25) is 4.79 Å². The van der Waals surface area contributed by atoms with E-state index in [4.69, 9.17) is 0 Å². The van der Waals surface area contributed by atoms with Crippen molar-refractivity contribution in [1.29, 1.82) is 0 Å². The number of benzene rings is 2. The van der Waals surface area contributed by atoms with Crippen molar-refractivity contribution in [3.05, 3.63) is 63.0 Å². The monoisotopic (exact) mass is 452 g/mol. The van der Waals surface area contributed by atoms with Crippen molar-refractivity contribution in [2.45, 2.75) is 5.16 Å². The predicted octanol–water partition coefficient (Wildman–Crippen LogP) is 4.16. The second-order valence-electron chi connectivity index (χ2n) is 4.57. The van der Waals surface area contributed by atoms with Gasteiger partial charge in [-0.25, -0.2) is 0 Å². The maximum Gasteiger partial charge on any atom is 0.214 e. The van der Waals surface area contributed by atoms with Crippen molar-refractivity contribution in [1.82, 2.24) is 20.2 Å². The van der Waals surface area contributed by atoms with Crippen LogP contribution in [0.1, 0.15) is 10.4 Å². The van der Waals surface area contributed by atoms with Crippen LogP contribution in [0, 0.1) is 0 Å². The van der Waals surface area contributed by atoms with Crippen molar-refractivity contribution >= 4 is 49.4 Å². The number of tetrazole rings is 1. The topological polar surface area (TPSA) is 60.7 Å². The normalized spacial score (nSPS) is 10.7. The zero-order valence-corrected chi connectivity index (χ0v) is 15.7. The molecule has 3 aromatic rings. The van der Waals surface area contributed by atoms with Gasteiger partial charge in [0.2, 0.25) is 5.16 Å². The lowest BCUT2D eigenvalue weighted by Crippen LogP contribution is -2.04. The molecule has 1 heterocycles. The minimum Gasteiger partial charge on any atom is -0.293 e. The molecule has 0 aliphatic carbocycles. The van der Waals surface area contributed by atoms with E-state index in [1.807, 2.05) is 36.4 Å². The van der Waals surface area contributed by atoms with Crippen molar-refractivity contribution < 1.29 is 4.79 Å². The summed E-state index contributed by atoms with van der Waals surface area (Å²) in [5, 5.41) is 12.2. The Morgan fingerprint density at radius 2 is 1.61 bits per heavy atom. The van der Waals surface area contributed by atoms with Crippen molar-refractivity contribution in [3.63, 3.8) is 0 Å². The molecule has 0 aliphatic heterocycles. The highest BCUT2D eigenvalue weighted by Gasteiger charge is 2.12. The molecule has 0 saturated carbocycles. The Labute approximate surface area is 153 Å². The van der Waals surface area contributed by atoms with Gasteiger partial charge in [0.25, 0.3) is 0 Å². The van der Waals surface area contributed by atoms with Crippen molar-refractivity contribution in [3.8, 4) is 5.69 Å². The molecule has 0 unspecified atom stereocenters. The molecule has 8 heteroatoms. The summed E-state index contributed by atoms with van der Waals surface area (Å²) < 4.78 is 3.54. The Morgan fingerprint density at radius 1 is 1.00 bits per heavy atom. The first-order valence-corrected chi connectivity index (χ1v) is 9.16. The summed E-state index contributed by atoms with van der Waals surface area (Å²) in [5.41, 5.74) is 1.51.